The summed E-state index contributed by atoms with van der Waals surface area (Å²) in [5, 5.41) is 9.53. The van der Waals surface area contributed by atoms with Gasteiger partial charge in [-0.05, 0) is 39.2 Å². The standard InChI is InChI=1S/C14H20O.2C2H6/c1-12-7-6-9-13(11-12)8-4-5-10-14(2,3)15;2*1-2/h4,6-9,11,15H,5,10H2,1-3H3;2*1-2H3/b8-4+;;. The number of allylic oxidation sites excluding steroid dienone is 1. The van der Waals surface area contributed by atoms with Crippen LogP contribution in [0, 0.1) is 6.92 Å². The van der Waals surface area contributed by atoms with Crippen molar-refractivity contribution in [2.24, 2.45) is 0 Å². The lowest BCUT2D eigenvalue weighted by Gasteiger charge is -2.14. The lowest BCUT2D eigenvalue weighted by atomic mass is 10.0. The van der Waals surface area contributed by atoms with E-state index in [1.165, 1.54) is 11.1 Å². The molecule has 1 aromatic carbocycles. The Morgan fingerprint density at radius 1 is 1.11 bits per heavy atom. The van der Waals surface area contributed by atoms with Gasteiger partial charge in [-0.25, -0.2) is 0 Å². The van der Waals surface area contributed by atoms with Gasteiger partial charge in [0.25, 0.3) is 0 Å². The second-order valence-corrected chi connectivity index (χ2v) is 4.67. The van der Waals surface area contributed by atoms with Crippen molar-refractivity contribution in [2.45, 2.75) is 66.9 Å². The molecule has 0 spiro atoms. The highest BCUT2D eigenvalue weighted by molar-refractivity contribution is 5.49. The minimum absolute atomic E-state index is 0.559. The van der Waals surface area contributed by atoms with Gasteiger partial charge in [-0.3, -0.25) is 0 Å². The highest BCUT2D eigenvalue weighted by Crippen LogP contribution is 2.12. The maximum absolute atomic E-state index is 9.53. The molecule has 0 aliphatic rings. The number of aliphatic hydroxyl groups is 1. The average Bonchev–Trinajstić information content (AvgIpc) is 2.39. The molecule has 1 heteroatoms. The molecule has 0 heterocycles. The summed E-state index contributed by atoms with van der Waals surface area (Å²) in [5.74, 6) is 0. The Hall–Kier alpha value is -1.08. The topological polar surface area (TPSA) is 20.2 Å². The molecule has 1 N–H and O–H groups in total. The molecule has 1 aromatic rings. The fourth-order valence-corrected chi connectivity index (χ4v) is 1.43. The maximum Gasteiger partial charge on any atom is 0.0594 e. The SMILES string of the molecule is CC.CC.Cc1cccc(/C=C/CCC(C)(C)O)c1. The van der Waals surface area contributed by atoms with E-state index in [9.17, 15) is 5.11 Å². The van der Waals surface area contributed by atoms with Crippen LogP contribution in [0.3, 0.4) is 0 Å². The van der Waals surface area contributed by atoms with Crippen LogP contribution in [0.4, 0.5) is 0 Å². The first-order valence-electron chi connectivity index (χ1n) is 7.43. The van der Waals surface area contributed by atoms with E-state index in [2.05, 4.69) is 43.3 Å². The summed E-state index contributed by atoms with van der Waals surface area (Å²) in [6, 6.07) is 8.40. The minimum Gasteiger partial charge on any atom is -0.390 e. The fourth-order valence-electron chi connectivity index (χ4n) is 1.43. The van der Waals surface area contributed by atoms with Crippen LogP contribution in [0.5, 0.6) is 0 Å². The Bertz CT molecular complexity index is 332. The number of hydrogen-bond acceptors (Lipinski definition) is 1. The van der Waals surface area contributed by atoms with Crippen LogP contribution >= 0.6 is 0 Å². The third-order valence-corrected chi connectivity index (χ3v) is 2.28. The van der Waals surface area contributed by atoms with Crippen molar-refractivity contribution in [1.29, 1.82) is 0 Å². The predicted molar refractivity (Wildman–Crippen MR) is 88.4 cm³/mol. The van der Waals surface area contributed by atoms with Crippen LogP contribution in [0.1, 0.15) is 65.5 Å². The van der Waals surface area contributed by atoms with Gasteiger partial charge < -0.3 is 5.11 Å². The van der Waals surface area contributed by atoms with E-state index in [1.807, 2.05) is 41.5 Å². The number of benzene rings is 1. The quantitative estimate of drug-likeness (QED) is 0.749. The fraction of sp³-hybridized carbons (Fsp3) is 0.556. The molecule has 0 aliphatic heterocycles. The molecule has 0 aromatic heterocycles. The van der Waals surface area contributed by atoms with E-state index < -0.39 is 5.60 Å². The van der Waals surface area contributed by atoms with Crippen LogP contribution in [0.15, 0.2) is 30.3 Å². The van der Waals surface area contributed by atoms with E-state index in [-0.39, 0.29) is 0 Å². The van der Waals surface area contributed by atoms with Crippen molar-refractivity contribution in [3.05, 3.63) is 41.5 Å². The average molecular weight is 264 g/mol. The first kappa shape index (κ1) is 20.2. The Kier molecular flexibility index (Phi) is 12.8. The predicted octanol–water partition coefficient (Wildman–Crippen LogP) is 5.61. The largest absolute Gasteiger partial charge is 0.390 e. The summed E-state index contributed by atoms with van der Waals surface area (Å²) in [5.41, 5.74) is 1.95. The lowest BCUT2D eigenvalue weighted by Crippen LogP contribution is -2.17. The first-order valence-corrected chi connectivity index (χ1v) is 7.43. The maximum atomic E-state index is 9.53. The highest BCUT2D eigenvalue weighted by Gasteiger charge is 2.09. The summed E-state index contributed by atoms with van der Waals surface area (Å²) >= 11 is 0. The first-order chi connectivity index (χ1) is 8.97. The molecule has 110 valence electrons. The van der Waals surface area contributed by atoms with Crippen LogP contribution < -0.4 is 0 Å². The van der Waals surface area contributed by atoms with Gasteiger partial charge in [0.15, 0.2) is 0 Å². The van der Waals surface area contributed by atoms with Gasteiger partial charge in [-0.1, -0.05) is 69.7 Å². The van der Waals surface area contributed by atoms with Crippen molar-refractivity contribution in [3.63, 3.8) is 0 Å². The second-order valence-electron chi connectivity index (χ2n) is 4.67. The molecule has 1 nitrogen and oxygen atoms in total. The number of hydrogen-bond donors (Lipinski definition) is 1. The smallest absolute Gasteiger partial charge is 0.0594 e. The summed E-state index contributed by atoms with van der Waals surface area (Å²) in [6.45, 7) is 13.8. The molecule has 0 amide bonds. The normalized spacial score (nSPS) is 10.3. The van der Waals surface area contributed by atoms with E-state index in [4.69, 9.17) is 0 Å². The summed E-state index contributed by atoms with van der Waals surface area (Å²) < 4.78 is 0. The zero-order valence-corrected chi connectivity index (χ0v) is 13.8. The number of aryl methyl sites for hydroxylation is 1. The van der Waals surface area contributed by atoms with Crippen LogP contribution in [-0.4, -0.2) is 10.7 Å². The Balaban J connectivity index is 0. The molecule has 0 bridgehead atoms. The van der Waals surface area contributed by atoms with E-state index in [1.54, 1.807) is 0 Å². The molecule has 0 saturated carbocycles. The molecule has 0 saturated heterocycles. The van der Waals surface area contributed by atoms with Gasteiger partial charge in [0.1, 0.15) is 0 Å². The van der Waals surface area contributed by atoms with Crippen LogP contribution in [-0.2, 0) is 0 Å². The Morgan fingerprint density at radius 2 is 1.68 bits per heavy atom. The Labute approximate surface area is 120 Å². The minimum atomic E-state index is -0.559. The molecular formula is C18H32O. The van der Waals surface area contributed by atoms with Gasteiger partial charge in [-0.15, -0.1) is 0 Å². The van der Waals surface area contributed by atoms with Gasteiger partial charge in [-0.2, -0.15) is 0 Å². The molecule has 0 aliphatic carbocycles. The third-order valence-electron chi connectivity index (χ3n) is 2.28. The van der Waals surface area contributed by atoms with Crippen molar-refractivity contribution in [2.75, 3.05) is 0 Å². The van der Waals surface area contributed by atoms with E-state index in [0.717, 1.165) is 12.8 Å². The molecule has 0 atom stereocenters. The molecule has 0 unspecified atom stereocenters. The summed E-state index contributed by atoms with van der Waals surface area (Å²) in [4.78, 5) is 0. The summed E-state index contributed by atoms with van der Waals surface area (Å²) in [6.07, 6.45) is 5.94. The second kappa shape index (κ2) is 12.0. The Morgan fingerprint density at radius 3 is 2.16 bits per heavy atom. The van der Waals surface area contributed by atoms with Gasteiger partial charge >= 0.3 is 0 Å². The van der Waals surface area contributed by atoms with E-state index in [0.29, 0.717) is 0 Å². The molecule has 0 fully saturated rings. The molecule has 19 heavy (non-hydrogen) atoms. The zero-order valence-electron chi connectivity index (χ0n) is 13.8. The third kappa shape index (κ3) is 13.2. The van der Waals surface area contributed by atoms with E-state index >= 15 is 0 Å². The zero-order chi connectivity index (χ0) is 15.3. The van der Waals surface area contributed by atoms with Crippen molar-refractivity contribution >= 4 is 6.08 Å². The van der Waals surface area contributed by atoms with Gasteiger partial charge in [0, 0.05) is 0 Å². The van der Waals surface area contributed by atoms with Crippen molar-refractivity contribution in [3.8, 4) is 0 Å². The van der Waals surface area contributed by atoms with Gasteiger partial charge in [0.05, 0.1) is 5.60 Å². The van der Waals surface area contributed by atoms with Crippen LogP contribution in [0.25, 0.3) is 6.08 Å². The van der Waals surface area contributed by atoms with Crippen molar-refractivity contribution in [1.82, 2.24) is 0 Å². The molecule has 0 radical (unpaired) electrons. The monoisotopic (exact) mass is 264 g/mol. The van der Waals surface area contributed by atoms with Crippen molar-refractivity contribution < 1.29 is 5.11 Å². The molecule has 1 rings (SSSR count). The summed E-state index contributed by atoms with van der Waals surface area (Å²) in [7, 11) is 0. The lowest BCUT2D eigenvalue weighted by molar-refractivity contribution is 0.0722. The molecular weight excluding hydrogens is 232 g/mol. The number of rotatable bonds is 4. The van der Waals surface area contributed by atoms with Crippen LogP contribution in [0.2, 0.25) is 0 Å². The highest BCUT2D eigenvalue weighted by atomic mass is 16.3. The van der Waals surface area contributed by atoms with Gasteiger partial charge in [0.2, 0.25) is 0 Å².